The number of nitrogens with one attached hydrogen (secondary N) is 1. The van der Waals surface area contributed by atoms with Gasteiger partial charge in [0.1, 0.15) is 24.0 Å². The van der Waals surface area contributed by atoms with E-state index in [2.05, 4.69) is 49.3 Å². The molecule has 1 atom stereocenters. The fourth-order valence-corrected chi connectivity index (χ4v) is 3.27. The van der Waals surface area contributed by atoms with E-state index in [9.17, 15) is 0 Å². The number of aromatic nitrogens is 5. The number of nitrogens with zero attached hydrogens (tertiary/aromatic N) is 7. The molecule has 0 unspecified atom stereocenters. The number of rotatable bonds is 5. The summed E-state index contributed by atoms with van der Waals surface area (Å²) in [7, 11) is 0. The van der Waals surface area contributed by atoms with E-state index in [0.29, 0.717) is 17.3 Å². The Bertz CT molecular complexity index is 940. The fourth-order valence-electron chi connectivity index (χ4n) is 3.27. The van der Waals surface area contributed by atoms with Crippen LogP contribution < -0.4 is 10.2 Å². The molecule has 1 saturated heterocycles. The summed E-state index contributed by atoms with van der Waals surface area (Å²) in [5.41, 5.74) is 1.60. The van der Waals surface area contributed by atoms with Crippen molar-refractivity contribution in [3.63, 3.8) is 0 Å². The van der Waals surface area contributed by atoms with E-state index >= 15 is 0 Å². The van der Waals surface area contributed by atoms with E-state index < -0.39 is 0 Å². The van der Waals surface area contributed by atoms with Gasteiger partial charge in [0, 0.05) is 37.6 Å². The molecule has 132 valence electrons. The summed E-state index contributed by atoms with van der Waals surface area (Å²) in [5, 5.41) is 16.5. The summed E-state index contributed by atoms with van der Waals surface area (Å²) in [4.78, 5) is 15.4. The molecule has 0 aromatic carbocycles. The Morgan fingerprint density at radius 3 is 3.04 bits per heavy atom. The zero-order valence-corrected chi connectivity index (χ0v) is 14.6. The van der Waals surface area contributed by atoms with Gasteiger partial charge in [-0.05, 0) is 30.9 Å². The molecule has 0 spiro atoms. The second-order valence-corrected chi connectivity index (χ2v) is 6.46. The molecular weight excluding hydrogens is 328 g/mol. The quantitative estimate of drug-likeness (QED) is 0.752. The first kappa shape index (κ1) is 16.3. The number of fused-ring (bicyclic) bond motifs is 1. The van der Waals surface area contributed by atoms with Gasteiger partial charge < -0.3 is 10.2 Å². The number of hydrogen-bond donors (Lipinski definition) is 1. The molecule has 4 rings (SSSR count). The Hall–Kier alpha value is -3.21. The highest BCUT2D eigenvalue weighted by Gasteiger charge is 2.25. The normalized spacial score (nSPS) is 16.8. The highest BCUT2D eigenvalue weighted by atomic mass is 15.4. The maximum absolute atomic E-state index is 8.83. The largest absolute Gasteiger partial charge is 0.370 e. The van der Waals surface area contributed by atoms with Crippen LogP contribution in [0.5, 0.6) is 0 Å². The lowest BCUT2D eigenvalue weighted by atomic mass is 10.1. The smallest absolute Gasteiger partial charge is 0.254 e. The molecule has 0 bridgehead atoms. The lowest BCUT2D eigenvalue weighted by molar-refractivity contribution is 0.620. The van der Waals surface area contributed by atoms with E-state index in [1.165, 1.54) is 0 Å². The van der Waals surface area contributed by atoms with Crippen LogP contribution in [0.1, 0.15) is 24.6 Å². The third kappa shape index (κ3) is 3.16. The van der Waals surface area contributed by atoms with Crippen LogP contribution in [0.15, 0.2) is 30.7 Å². The van der Waals surface area contributed by atoms with Crippen LogP contribution in [-0.4, -0.2) is 44.2 Å². The van der Waals surface area contributed by atoms with Crippen molar-refractivity contribution in [3.05, 3.63) is 42.0 Å². The lowest BCUT2D eigenvalue weighted by Crippen LogP contribution is -2.25. The monoisotopic (exact) mass is 348 g/mol. The van der Waals surface area contributed by atoms with Crippen LogP contribution in [0.2, 0.25) is 0 Å². The first-order chi connectivity index (χ1) is 12.8. The molecule has 8 nitrogen and oxygen atoms in total. The van der Waals surface area contributed by atoms with E-state index in [-0.39, 0.29) is 0 Å². The first-order valence-electron chi connectivity index (χ1n) is 8.81. The Kier molecular flexibility index (Phi) is 4.35. The summed E-state index contributed by atoms with van der Waals surface area (Å²) in [6.07, 6.45) is 5.12. The van der Waals surface area contributed by atoms with Crippen molar-refractivity contribution >= 4 is 17.4 Å². The number of nitriles is 1. The Labute approximate surface area is 151 Å². The van der Waals surface area contributed by atoms with Crippen molar-refractivity contribution in [1.82, 2.24) is 24.6 Å². The van der Waals surface area contributed by atoms with Gasteiger partial charge in [0.05, 0.1) is 5.56 Å². The van der Waals surface area contributed by atoms with E-state index in [1.54, 1.807) is 18.6 Å². The van der Waals surface area contributed by atoms with Gasteiger partial charge in [-0.25, -0.2) is 9.97 Å². The predicted molar refractivity (Wildman–Crippen MR) is 97.9 cm³/mol. The van der Waals surface area contributed by atoms with Gasteiger partial charge in [-0.15, -0.1) is 0 Å². The summed E-state index contributed by atoms with van der Waals surface area (Å²) in [5.74, 6) is 3.04. The van der Waals surface area contributed by atoms with Gasteiger partial charge in [0.2, 0.25) is 0 Å². The molecule has 1 aliphatic rings. The zero-order chi connectivity index (χ0) is 17.9. The molecule has 1 aliphatic heterocycles. The minimum Gasteiger partial charge on any atom is -0.370 e. The number of anilines is 2. The standard InChI is InChI=1S/C18H20N8/c1-2-15-7-17(26-18(24-15)22-12-23-26)25-6-5-14(11-25)10-21-16-4-3-13(8-19)9-20-16/h3-4,7,9,12,14H,2,5-6,10-11H2,1H3,(H,20,21)/t14-/m1/s1. The summed E-state index contributed by atoms with van der Waals surface area (Å²) in [6, 6.07) is 7.82. The predicted octanol–water partition coefficient (Wildman–Crippen LogP) is 1.89. The van der Waals surface area contributed by atoms with Crippen molar-refractivity contribution in [2.45, 2.75) is 19.8 Å². The van der Waals surface area contributed by atoms with Gasteiger partial charge in [0.15, 0.2) is 0 Å². The van der Waals surface area contributed by atoms with Gasteiger partial charge in [0.25, 0.3) is 5.78 Å². The van der Waals surface area contributed by atoms with Gasteiger partial charge in [-0.2, -0.15) is 19.9 Å². The third-order valence-electron chi connectivity index (χ3n) is 4.72. The fraction of sp³-hybridized carbons (Fsp3) is 0.389. The topological polar surface area (TPSA) is 95.0 Å². The van der Waals surface area contributed by atoms with Crippen LogP contribution in [0, 0.1) is 17.2 Å². The molecule has 0 amide bonds. The van der Waals surface area contributed by atoms with E-state index in [1.807, 2.05) is 10.6 Å². The van der Waals surface area contributed by atoms with Gasteiger partial charge in [-0.1, -0.05) is 6.92 Å². The molecule has 0 radical (unpaired) electrons. The van der Waals surface area contributed by atoms with Crippen molar-refractivity contribution < 1.29 is 0 Å². The molecule has 8 heteroatoms. The second kappa shape index (κ2) is 6.96. The van der Waals surface area contributed by atoms with Crippen molar-refractivity contribution in [3.8, 4) is 6.07 Å². The van der Waals surface area contributed by atoms with E-state index in [0.717, 1.165) is 49.8 Å². The highest BCUT2D eigenvalue weighted by molar-refractivity contribution is 5.48. The third-order valence-corrected chi connectivity index (χ3v) is 4.72. The average molecular weight is 348 g/mol. The van der Waals surface area contributed by atoms with Crippen LogP contribution >= 0.6 is 0 Å². The summed E-state index contributed by atoms with van der Waals surface area (Å²) >= 11 is 0. The van der Waals surface area contributed by atoms with E-state index in [4.69, 9.17) is 5.26 Å². The maximum atomic E-state index is 8.83. The molecule has 4 heterocycles. The Morgan fingerprint density at radius 1 is 1.35 bits per heavy atom. The van der Waals surface area contributed by atoms with Gasteiger partial charge >= 0.3 is 0 Å². The number of aryl methyl sites for hydroxylation is 1. The van der Waals surface area contributed by atoms with Crippen LogP contribution in [0.3, 0.4) is 0 Å². The van der Waals surface area contributed by atoms with Crippen molar-refractivity contribution in [2.75, 3.05) is 29.9 Å². The Balaban J connectivity index is 1.43. The molecule has 1 fully saturated rings. The zero-order valence-electron chi connectivity index (χ0n) is 14.6. The highest BCUT2D eigenvalue weighted by Crippen LogP contribution is 2.25. The summed E-state index contributed by atoms with van der Waals surface area (Å²) in [6.45, 7) is 4.88. The second-order valence-electron chi connectivity index (χ2n) is 6.46. The number of pyridine rings is 1. The van der Waals surface area contributed by atoms with Crippen molar-refractivity contribution in [1.29, 1.82) is 5.26 Å². The van der Waals surface area contributed by atoms with Crippen LogP contribution in [0.25, 0.3) is 5.78 Å². The molecule has 26 heavy (non-hydrogen) atoms. The molecule has 0 saturated carbocycles. The maximum Gasteiger partial charge on any atom is 0.254 e. The van der Waals surface area contributed by atoms with Crippen molar-refractivity contribution in [2.24, 2.45) is 5.92 Å². The van der Waals surface area contributed by atoms with Crippen LogP contribution in [0.4, 0.5) is 11.6 Å². The minimum absolute atomic E-state index is 0.518. The minimum atomic E-state index is 0.518. The molecule has 0 aliphatic carbocycles. The molecule has 3 aromatic rings. The van der Waals surface area contributed by atoms with Gasteiger partial charge in [-0.3, -0.25) is 0 Å². The van der Waals surface area contributed by atoms with Crippen LogP contribution in [-0.2, 0) is 6.42 Å². The first-order valence-corrected chi connectivity index (χ1v) is 8.81. The average Bonchev–Trinajstić information content (AvgIpc) is 3.35. The number of hydrogen-bond acceptors (Lipinski definition) is 7. The molecule has 1 N–H and O–H groups in total. The lowest BCUT2D eigenvalue weighted by Gasteiger charge is -2.20. The molecular formula is C18H20N8. The Morgan fingerprint density at radius 2 is 2.27 bits per heavy atom. The molecule has 3 aromatic heterocycles. The SMILES string of the molecule is CCc1cc(N2CC[C@H](CNc3ccc(C#N)cn3)C2)n2ncnc2n1. The summed E-state index contributed by atoms with van der Waals surface area (Å²) < 4.78 is 1.82.